The van der Waals surface area contributed by atoms with Crippen LogP contribution in [0.25, 0.3) is 0 Å². The van der Waals surface area contributed by atoms with E-state index in [1.807, 2.05) is 6.07 Å². The van der Waals surface area contributed by atoms with E-state index >= 15 is 0 Å². The van der Waals surface area contributed by atoms with Crippen molar-refractivity contribution in [1.29, 1.82) is 0 Å². The fourth-order valence-electron chi connectivity index (χ4n) is 3.72. The highest BCUT2D eigenvalue weighted by atomic mass is 31.2. The number of carboxylic acid groups (broad SMARTS) is 1. The lowest BCUT2D eigenvalue weighted by Crippen LogP contribution is -2.71. The number of aliphatic carboxylic acids is 1. The number of ether oxygens (including phenoxy) is 1. The number of carbonyl (C=O) groups is 3. The Kier molecular flexibility index (Phi) is 7.15. The molecule has 10 nitrogen and oxygen atoms in total. The van der Waals surface area contributed by atoms with Gasteiger partial charge in [-0.15, -0.1) is 0 Å². The minimum absolute atomic E-state index is 0.0227. The molecule has 0 aromatic heterocycles. The molecule has 168 valence electrons. The number of carbonyl (C=O) groups excluding carboxylic acids is 2. The average Bonchev–Trinajstić information content (AvgIpc) is 2.75. The summed E-state index contributed by atoms with van der Waals surface area (Å²) in [6.07, 6.45) is 0.423. The smallest absolute Gasteiger partial charge is 0.359 e. The zero-order chi connectivity index (χ0) is 22.6. The van der Waals surface area contributed by atoms with Gasteiger partial charge in [-0.1, -0.05) is 18.2 Å². The van der Waals surface area contributed by atoms with E-state index in [0.29, 0.717) is 12.2 Å². The van der Waals surface area contributed by atoms with E-state index in [1.165, 1.54) is 0 Å². The van der Waals surface area contributed by atoms with Gasteiger partial charge in [-0.25, -0.2) is 4.79 Å². The molecule has 2 atom stereocenters. The summed E-state index contributed by atoms with van der Waals surface area (Å²) < 4.78 is 29.1. The lowest BCUT2D eigenvalue weighted by atomic mass is 9.86. The Balaban J connectivity index is 1.73. The van der Waals surface area contributed by atoms with E-state index in [4.69, 9.17) is 13.8 Å². The molecule has 31 heavy (non-hydrogen) atoms. The van der Waals surface area contributed by atoms with E-state index in [9.17, 15) is 24.1 Å². The minimum Gasteiger partial charge on any atom is -0.484 e. The van der Waals surface area contributed by atoms with Crippen LogP contribution in [-0.2, 0) is 28.0 Å². The SMILES string of the molecule is CCOP(=O)(OCC)C1=C(C(=O)O)N2C(=O)C(NC(=O)COc3ccccc3)C2CC1. The predicted molar refractivity (Wildman–Crippen MR) is 109 cm³/mol. The van der Waals surface area contributed by atoms with Crippen LogP contribution >= 0.6 is 7.60 Å². The van der Waals surface area contributed by atoms with E-state index in [1.54, 1.807) is 38.1 Å². The Bertz CT molecular complexity index is 922. The number of hydrogen-bond donors (Lipinski definition) is 2. The van der Waals surface area contributed by atoms with Crippen molar-refractivity contribution in [2.75, 3.05) is 19.8 Å². The first kappa shape index (κ1) is 23.0. The quantitative estimate of drug-likeness (QED) is 0.408. The summed E-state index contributed by atoms with van der Waals surface area (Å²) in [5.74, 6) is -1.97. The maximum Gasteiger partial charge on any atom is 0.359 e. The van der Waals surface area contributed by atoms with Gasteiger partial charge in [0.1, 0.15) is 17.5 Å². The van der Waals surface area contributed by atoms with Crippen LogP contribution in [0.1, 0.15) is 26.7 Å². The summed E-state index contributed by atoms with van der Waals surface area (Å²) in [7, 11) is -3.86. The molecular weight excluding hydrogens is 427 g/mol. The third-order valence-electron chi connectivity index (χ3n) is 4.97. The number of benzene rings is 1. The molecule has 2 aliphatic rings. The van der Waals surface area contributed by atoms with E-state index in [2.05, 4.69) is 5.32 Å². The number of nitrogens with one attached hydrogen (secondary N) is 1. The summed E-state index contributed by atoms with van der Waals surface area (Å²) >= 11 is 0. The van der Waals surface area contributed by atoms with Crippen LogP contribution in [0.4, 0.5) is 0 Å². The number of carboxylic acids is 1. The number of amides is 2. The van der Waals surface area contributed by atoms with Gasteiger partial charge >= 0.3 is 13.6 Å². The van der Waals surface area contributed by atoms with E-state index < -0.39 is 43.2 Å². The summed E-state index contributed by atoms with van der Waals surface area (Å²) in [6.45, 7) is 3.08. The Morgan fingerprint density at radius 3 is 2.42 bits per heavy atom. The molecule has 1 fully saturated rings. The van der Waals surface area contributed by atoms with Crippen LogP contribution in [0.3, 0.4) is 0 Å². The van der Waals surface area contributed by atoms with Crippen LogP contribution < -0.4 is 10.1 Å². The first-order valence-corrected chi connectivity index (χ1v) is 11.5. The Morgan fingerprint density at radius 1 is 1.19 bits per heavy atom. The highest BCUT2D eigenvalue weighted by Crippen LogP contribution is 2.61. The number of rotatable bonds is 10. The second kappa shape index (κ2) is 9.64. The number of allylic oxidation sites excluding steroid dienone is 1. The number of β-lactam (4-membered cyclic amide) rings is 1. The second-order valence-corrected chi connectivity index (χ2v) is 8.95. The van der Waals surface area contributed by atoms with Gasteiger partial charge in [-0.3, -0.25) is 19.1 Å². The second-order valence-electron chi connectivity index (χ2n) is 6.89. The molecular formula is C20H25N2O8P. The zero-order valence-electron chi connectivity index (χ0n) is 17.3. The van der Waals surface area contributed by atoms with Gasteiger partial charge in [0.15, 0.2) is 6.61 Å². The molecule has 11 heteroatoms. The minimum atomic E-state index is -3.86. The molecule has 1 aromatic carbocycles. The molecule has 2 amide bonds. The summed E-state index contributed by atoms with van der Waals surface area (Å²) in [4.78, 5) is 38.0. The summed E-state index contributed by atoms with van der Waals surface area (Å²) in [5, 5.41) is 12.3. The van der Waals surface area contributed by atoms with Gasteiger partial charge in [0.2, 0.25) is 0 Å². The molecule has 3 rings (SSSR count). The van der Waals surface area contributed by atoms with E-state index in [-0.39, 0.29) is 31.6 Å². The van der Waals surface area contributed by atoms with E-state index in [0.717, 1.165) is 4.90 Å². The first-order valence-electron chi connectivity index (χ1n) is 9.98. The summed E-state index contributed by atoms with van der Waals surface area (Å²) in [6, 6.07) is 7.32. The molecule has 0 radical (unpaired) electrons. The third kappa shape index (κ3) is 4.66. The summed E-state index contributed by atoms with van der Waals surface area (Å²) in [5.41, 5.74) is -0.391. The third-order valence-corrected chi connectivity index (χ3v) is 7.26. The Labute approximate surface area is 179 Å². The topological polar surface area (TPSA) is 131 Å². The van der Waals surface area contributed by atoms with Gasteiger partial charge in [0.25, 0.3) is 11.8 Å². The highest BCUT2D eigenvalue weighted by molar-refractivity contribution is 7.58. The molecule has 2 aliphatic heterocycles. The van der Waals surface area contributed by atoms with Crippen LogP contribution in [0.15, 0.2) is 41.3 Å². The predicted octanol–water partition coefficient (Wildman–Crippen LogP) is 2.12. The molecule has 2 unspecified atom stereocenters. The van der Waals surface area contributed by atoms with Crippen LogP contribution in [0.5, 0.6) is 5.75 Å². The highest BCUT2D eigenvalue weighted by Gasteiger charge is 2.55. The first-order chi connectivity index (χ1) is 14.8. The maximum absolute atomic E-state index is 13.2. The molecule has 2 N–H and O–H groups in total. The molecule has 0 saturated carbocycles. The lowest BCUT2D eigenvalue weighted by molar-refractivity contribution is -0.156. The fourth-order valence-corrected chi connectivity index (χ4v) is 5.66. The van der Waals surface area contributed by atoms with Crippen molar-refractivity contribution >= 4 is 25.4 Å². The fraction of sp³-hybridized carbons (Fsp3) is 0.450. The number of para-hydroxylation sites is 1. The standard InChI is InChI=1S/C20H25N2O8P/c1-3-29-31(27,30-4-2)15-11-10-14-17(19(24)22(14)18(15)20(25)26)21-16(23)12-28-13-8-6-5-7-9-13/h5-9,14,17H,3-4,10-12H2,1-2H3,(H,21,23)(H,25,26). The Morgan fingerprint density at radius 2 is 1.84 bits per heavy atom. The van der Waals surface area contributed by atoms with Gasteiger partial charge in [-0.2, -0.15) is 0 Å². The molecule has 2 heterocycles. The largest absolute Gasteiger partial charge is 0.484 e. The van der Waals surface area contributed by atoms with Crippen molar-refractivity contribution in [2.24, 2.45) is 0 Å². The van der Waals surface area contributed by atoms with Crippen molar-refractivity contribution in [2.45, 2.75) is 38.8 Å². The van der Waals surface area contributed by atoms with Crippen molar-refractivity contribution < 1.29 is 37.8 Å². The number of fused-ring (bicyclic) bond motifs is 1. The van der Waals surface area contributed by atoms with Crippen LogP contribution in [0.2, 0.25) is 0 Å². The van der Waals surface area contributed by atoms with Gasteiger partial charge in [0, 0.05) is 0 Å². The molecule has 0 spiro atoms. The van der Waals surface area contributed by atoms with Crippen molar-refractivity contribution in [3.05, 3.63) is 41.3 Å². The van der Waals surface area contributed by atoms with Crippen molar-refractivity contribution in [1.82, 2.24) is 10.2 Å². The molecule has 1 saturated heterocycles. The van der Waals surface area contributed by atoms with Crippen molar-refractivity contribution in [3.63, 3.8) is 0 Å². The number of nitrogens with zero attached hydrogens (tertiary/aromatic N) is 1. The maximum atomic E-state index is 13.2. The zero-order valence-corrected chi connectivity index (χ0v) is 18.2. The normalized spacial score (nSPS) is 20.7. The van der Waals surface area contributed by atoms with Gasteiger partial charge < -0.3 is 24.2 Å². The number of hydrogen-bond acceptors (Lipinski definition) is 7. The van der Waals surface area contributed by atoms with Crippen LogP contribution in [0, 0.1) is 0 Å². The van der Waals surface area contributed by atoms with Crippen molar-refractivity contribution in [3.8, 4) is 5.75 Å². The van der Waals surface area contributed by atoms with Gasteiger partial charge in [-0.05, 0) is 38.8 Å². The molecule has 1 aromatic rings. The molecule has 0 aliphatic carbocycles. The van der Waals surface area contributed by atoms with Crippen LogP contribution in [-0.4, -0.2) is 59.7 Å². The lowest BCUT2D eigenvalue weighted by Gasteiger charge is -2.50. The van der Waals surface area contributed by atoms with Gasteiger partial charge in [0.05, 0.1) is 24.6 Å². The average molecular weight is 452 g/mol. The molecule has 0 bridgehead atoms. The monoisotopic (exact) mass is 452 g/mol. The Hall–Kier alpha value is -2.68.